The van der Waals surface area contributed by atoms with Crippen LogP contribution in [-0.2, 0) is 17.7 Å². The summed E-state index contributed by atoms with van der Waals surface area (Å²) in [4.78, 5) is 35.7. The molecule has 1 aromatic carbocycles. The number of hydrogen-bond acceptors (Lipinski definition) is 7. The molecule has 0 spiro atoms. The summed E-state index contributed by atoms with van der Waals surface area (Å²) in [5, 5.41) is 3.41. The first-order valence-electron chi connectivity index (χ1n) is 8.19. The van der Waals surface area contributed by atoms with E-state index in [-0.39, 0.29) is 12.0 Å². The molecule has 0 saturated carbocycles. The van der Waals surface area contributed by atoms with Gasteiger partial charge < -0.3 is 9.64 Å². The summed E-state index contributed by atoms with van der Waals surface area (Å²) in [5.41, 5.74) is 4.15. The van der Waals surface area contributed by atoms with Crippen molar-refractivity contribution in [1.82, 2.24) is 14.9 Å². The first-order valence-corrected chi connectivity index (χ1v) is 9.88. The Morgan fingerprint density at radius 1 is 1.38 bits per heavy atom. The molecule has 134 valence electrons. The van der Waals surface area contributed by atoms with Gasteiger partial charge in [-0.05, 0) is 25.1 Å². The maximum atomic E-state index is 12.5. The number of nitrogens with one attached hydrogen (secondary N) is 1. The molecule has 3 heterocycles. The minimum atomic E-state index is -0.310. The largest absolute Gasteiger partial charge is 0.450 e. The molecule has 1 aliphatic rings. The Bertz CT molecular complexity index is 981. The van der Waals surface area contributed by atoms with E-state index in [1.165, 1.54) is 22.7 Å². The van der Waals surface area contributed by atoms with Gasteiger partial charge in [0.15, 0.2) is 5.13 Å². The van der Waals surface area contributed by atoms with E-state index in [4.69, 9.17) is 4.74 Å². The van der Waals surface area contributed by atoms with E-state index in [1.807, 2.05) is 12.1 Å². The number of nitrogens with zero attached hydrogens (tertiary/aromatic N) is 3. The standard InChI is InChI=1S/C17H16N4O3S2/c1-2-24-17(23)21-6-5-12-14(8-21)26-16(19-12)20-15(22)10-3-4-11-13(7-10)25-9-18-11/h3-4,7,9H,2,5-6,8H2,1H3,(H,19,20,22). The van der Waals surface area contributed by atoms with Gasteiger partial charge in [-0.2, -0.15) is 0 Å². The molecule has 1 aliphatic heterocycles. The molecule has 0 radical (unpaired) electrons. The molecule has 0 fully saturated rings. The van der Waals surface area contributed by atoms with Gasteiger partial charge in [0.1, 0.15) is 0 Å². The third-order valence-electron chi connectivity index (χ3n) is 4.07. The molecule has 0 saturated heterocycles. The summed E-state index contributed by atoms with van der Waals surface area (Å²) >= 11 is 2.90. The van der Waals surface area contributed by atoms with Crippen molar-refractivity contribution in [2.24, 2.45) is 0 Å². The summed E-state index contributed by atoms with van der Waals surface area (Å²) in [7, 11) is 0. The van der Waals surface area contributed by atoms with Gasteiger partial charge in [0, 0.05) is 23.4 Å². The minimum absolute atomic E-state index is 0.200. The highest BCUT2D eigenvalue weighted by Crippen LogP contribution is 2.29. The molecule has 26 heavy (non-hydrogen) atoms. The first kappa shape index (κ1) is 16.9. The summed E-state index contributed by atoms with van der Waals surface area (Å²) in [5.74, 6) is -0.200. The lowest BCUT2D eigenvalue weighted by Gasteiger charge is -2.24. The van der Waals surface area contributed by atoms with Crippen LogP contribution >= 0.6 is 22.7 Å². The molecular formula is C17H16N4O3S2. The van der Waals surface area contributed by atoms with Crippen molar-refractivity contribution in [3.05, 3.63) is 39.8 Å². The number of aromatic nitrogens is 2. The van der Waals surface area contributed by atoms with Gasteiger partial charge in [-0.25, -0.2) is 14.8 Å². The summed E-state index contributed by atoms with van der Waals surface area (Å²) in [6, 6.07) is 5.43. The Morgan fingerprint density at radius 3 is 3.12 bits per heavy atom. The number of hydrogen-bond donors (Lipinski definition) is 1. The molecule has 7 nitrogen and oxygen atoms in total. The number of benzene rings is 1. The highest BCUT2D eigenvalue weighted by molar-refractivity contribution is 7.16. The molecular weight excluding hydrogens is 372 g/mol. The van der Waals surface area contributed by atoms with Crippen molar-refractivity contribution in [3.8, 4) is 0 Å². The Kier molecular flexibility index (Phi) is 4.56. The maximum Gasteiger partial charge on any atom is 0.410 e. The van der Waals surface area contributed by atoms with Crippen molar-refractivity contribution >= 4 is 50.0 Å². The van der Waals surface area contributed by atoms with Crippen LogP contribution in [0.2, 0.25) is 0 Å². The van der Waals surface area contributed by atoms with E-state index in [2.05, 4.69) is 15.3 Å². The zero-order chi connectivity index (χ0) is 18.1. The Morgan fingerprint density at radius 2 is 2.27 bits per heavy atom. The van der Waals surface area contributed by atoms with Crippen molar-refractivity contribution in [2.75, 3.05) is 18.5 Å². The van der Waals surface area contributed by atoms with Crippen LogP contribution in [-0.4, -0.2) is 40.0 Å². The lowest BCUT2D eigenvalue weighted by Crippen LogP contribution is -2.35. The minimum Gasteiger partial charge on any atom is -0.450 e. The molecule has 2 amide bonds. The summed E-state index contributed by atoms with van der Waals surface area (Å²) in [6.07, 6.45) is 0.350. The molecule has 0 aliphatic carbocycles. The predicted octanol–water partition coefficient (Wildman–Crippen LogP) is 3.52. The van der Waals surface area contributed by atoms with Crippen molar-refractivity contribution in [2.45, 2.75) is 19.9 Å². The van der Waals surface area contributed by atoms with Crippen molar-refractivity contribution in [3.63, 3.8) is 0 Å². The number of carbonyl (C=O) groups is 2. The van der Waals surface area contributed by atoms with Crippen LogP contribution in [0.5, 0.6) is 0 Å². The number of amides is 2. The number of ether oxygens (including phenoxy) is 1. The third kappa shape index (κ3) is 3.27. The predicted molar refractivity (Wildman–Crippen MR) is 101 cm³/mol. The van der Waals surface area contributed by atoms with Crippen molar-refractivity contribution < 1.29 is 14.3 Å². The molecule has 9 heteroatoms. The lowest BCUT2D eigenvalue weighted by molar-refractivity contribution is 0.102. The average Bonchev–Trinajstić information content (AvgIpc) is 3.26. The van der Waals surface area contributed by atoms with Gasteiger partial charge in [0.25, 0.3) is 5.91 Å². The lowest BCUT2D eigenvalue weighted by atomic mass is 10.2. The molecule has 1 N–H and O–H groups in total. The Labute approximate surface area is 157 Å². The fourth-order valence-electron chi connectivity index (χ4n) is 2.79. The molecule has 0 atom stereocenters. The van der Waals surface area contributed by atoms with Gasteiger partial charge in [-0.15, -0.1) is 11.3 Å². The van der Waals surface area contributed by atoms with E-state index < -0.39 is 0 Å². The normalized spacial score (nSPS) is 13.5. The van der Waals surface area contributed by atoms with E-state index in [0.717, 1.165) is 20.8 Å². The third-order valence-corrected chi connectivity index (χ3v) is 5.86. The fraction of sp³-hybridized carbons (Fsp3) is 0.294. The Hall–Kier alpha value is -2.52. The van der Waals surface area contributed by atoms with E-state index in [9.17, 15) is 9.59 Å². The molecule has 4 rings (SSSR count). The van der Waals surface area contributed by atoms with Crippen LogP contribution in [0.15, 0.2) is 23.7 Å². The quantitative estimate of drug-likeness (QED) is 0.742. The highest BCUT2D eigenvalue weighted by Gasteiger charge is 2.25. The number of rotatable bonds is 3. The molecule has 2 aromatic heterocycles. The molecule has 0 unspecified atom stereocenters. The average molecular weight is 388 g/mol. The maximum absolute atomic E-state index is 12.5. The summed E-state index contributed by atoms with van der Waals surface area (Å²) < 4.78 is 6.02. The first-order chi connectivity index (χ1) is 12.6. The van der Waals surface area contributed by atoms with E-state index in [1.54, 1.807) is 23.4 Å². The van der Waals surface area contributed by atoms with Crippen LogP contribution in [0.4, 0.5) is 9.93 Å². The van der Waals surface area contributed by atoms with Gasteiger partial charge in [0.05, 0.1) is 34.6 Å². The van der Waals surface area contributed by atoms with Crippen LogP contribution in [0.25, 0.3) is 10.2 Å². The van der Waals surface area contributed by atoms with Gasteiger partial charge in [-0.3, -0.25) is 10.1 Å². The molecule has 3 aromatic rings. The summed E-state index contributed by atoms with van der Waals surface area (Å²) in [6.45, 7) is 3.19. The number of fused-ring (bicyclic) bond motifs is 2. The second-order valence-corrected chi connectivity index (χ2v) is 7.72. The van der Waals surface area contributed by atoms with Gasteiger partial charge in [0.2, 0.25) is 0 Å². The highest BCUT2D eigenvalue weighted by atomic mass is 32.1. The monoisotopic (exact) mass is 388 g/mol. The van der Waals surface area contributed by atoms with Gasteiger partial charge >= 0.3 is 6.09 Å². The second kappa shape index (κ2) is 7.00. The topological polar surface area (TPSA) is 84.4 Å². The van der Waals surface area contributed by atoms with E-state index in [0.29, 0.717) is 36.8 Å². The van der Waals surface area contributed by atoms with Crippen LogP contribution in [0.3, 0.4) is 0 Å². The number of anilines is 1. The van der Waals surface area contributed by atoms with Crippen LogP contribution < -0.4 is 5.32 Å². The Balaban J connectivity index is 1.48. The number of carbonyl (C=O) groups excluding carboxylic acids is 2. The second-order valence-electron chi connectivity index (χ2n) is 5.75. The van der Waals surface area contributed by atoms with Crippen LogP contribution in [0, 0.1) is 0 Å². The fourth-order valence-corrected chi connectivity index (χ4v) is 4.52. The van der Waals surface area contributed by atoms with Crippen LogP contribution in [0.1, 0.15) is 27.9 Å². The zero-order valence-electron chi connectivity index (χ0n) is 14.0. The number of thiazole rings is 2. The van der Waals surface area contributed by atoms with Gasteiger partial charge in [-0.1, -0.05) is 11.3 Å². The zero-order valence-corrected chi connectivity index (χ0v) is 15.7. The molecule has 0 bridgehead atoms. The SMILES string of the molecule is CCOC(=O)N1CCc2nc(NC(=O)c3ccc4ncsc4c3)sc2C1. The van der Waals surface area contributed by atoms with Crippen molar-refractivity contribution in [1.29, 1.82) is 0 Å². The smallest absolute Gasteiger partial charge is 0.410 e. The van der Waals surface area contributed by atoms with E-state index >= 15 is 0 Å².